The summed E-state index contributed by atoms with van der Waals surface area (Å²) in [7, 11) is 0. The standard InChI is InChI=1S/C16H23FN4/c1-5-13(18-7-3)16-14(6-2)21(20-19-16)15-10-12(17)9-8-11(15)4/h8-10,13,18H,5-7H2,1-4H3. The van der Waals surface area contributed by atoms with Crippen LogP contribution in [-0.4, -0.2) is 21.5 Å². The quantitative estimate of drug-likeness (QED) is 0.887. The molecule has 0 saturated carbocycles. The van der Waals surface area contributed by atoms with Gasteiger partial charge in [-0.25, -0.2) is 9.07 Å². The SMILES string of the molecule is CCNC(CC)c1nnn(-c2cc(F)ccc2C)c1CC. The van der Waals surface area contributed by atoms with Crippen LogP contribution >= 0.6 is 0 Å². The molecule has 1 aromatic carbocycles. The van der Waals surface area contributed by atoms with Gasteiger partial charge in [-0.05, 0) is 44.0 Å². The van der Waals surface area contributed by atoms with Crippen LogP contribution in [0.25, 0.3) is 5.69 Å². The maximum absolute atomic E-state index is 13.5. The van der Waals surface area contributed by atoms with Crippen LogP contribution in [0, 0.1) is 12.7 Å². The fraction of sp³-hybridized carbons (Fsp3) is 0.500. The predicted molar refractivity (Wildman–Crippen MR) is 82.1 cm³/mol. The molecule has 21 heavy (non-hydrogen) atoms. The van der Waals surface area contributed by atoms with Gasteiger partial charge in [0.15, 0.2) is 0 Å². The van der Waals surface area contributed by atoms with Gasteiger partial charge in [0.25, 0.3) is 0 Å². The van der Waals surface area contributed by atoms with Crippen molar-refractivity contribution >= 4 is 0 Å². The molecular weight excluding hydrogens is 267 g/mol. The Morgan fingerprint density at radius 1 is 1.29 bits per heavy atom. The summed E-state index contributed by atoms with van der Waals surface area (Å²) in [6.45, 7) is 9.12. The molecule has 1 heterocycles. The number of rotatable bonds is 6. The first kappa shape index (κ1) is 15.6. The first-order valence-corrected chi connectivity index (χ1v) is 7.56. The first-order valence-electron chi connectivity index (χ1n) is 7.56. The van der Waals surface area contributed by atoms with Gasteiger partial charge < -0.3 is 5.32 Å². The predicted octanol–water partition coefficient (Wildman–Crippen LogP) is 3.34. The van der Waals surface area contributed by atoms with E-state index in [4.69, 9.17) is 0 Å². The van der Waals surface area contributed by atoms with Crippen LogP contribution in [0.4, 0.5) is 4.39 Å². The van der Waals surface area contributed by atoms with Crippen molar-refractivity contribution in [1.82, 2.24) is 20.3 Å². The zero-order valence-electron chi connectivity index (χ0n) is 13.2. The zero-order chi connectivity index (χ0) is 15.4. The number of hydrogen-bond acceptors (Lipinski definition) is 3. The maximum Gasteiger partial charge on any atom is 0.125 e. The molecule has 1 unspecified atom stereocenters. The van der Waals surface area contributed by atoms with E-state index < -0.39 is 0 Å². The van der Waals surface area contributed by atoms with Crippen LogP contribution in [0.5, 0.6) is 0 Å². The minimum Gasteiger partial charge on any atom is -0.309 e. The summed E-state index contributed by atoms with van der Waals surface area (Å²) < 4.78 is 15.3. The van der Waals surface area contributed by atoms with Crippen LogP contribution < -0.4 is 5.32 Å². The van der Waals surface area contributed by atoms with Crippen LogP contribution in [0.3, 0.4) is 0 Å². The monoisotopic (exact) mass is 290 g/mol. The molecule has 5 heteroatoms. The van der Waals surface area contributed by atoms with E-state index in [2.05, 4.69) is 36.4 Å². The Morgan fingerprint density at radius 2 is 2.05 bits per heavy atom. The Balaban J connectivity index is 2.51. The highest BCUT2D eigenvalue weighted by Crippen LogP contribution is 2.23. The third kappa shape index (κ3) is 3.13. The summed E-state index contributed by atoms with van der Waals surface area (Å²) in [5, 5.41) is 12.0. The van der Waals surface area contributed by atoms with Crippen molar-refractivity contribution in [3.63, 3.8) is 0 Å². The molecule has 0 spiro atoms. The molecule has 2 rings (SSSR count). The van der Waals surface area contributed by atoms with Crippen LogP contribution in [-0.2, 0) is 6.42 Å². The highest BCUT2D eigenvalue weighted by Gasteiger charge is 2.20. The molecule has 0 amide bonds. The van der Waals surface area contributed by atoms with Gasteiger partial charge >= 0.3 is 0 Å². The fourth-order valence-electron chi connectivity index (χ4n) is 2.60. The third-order valence-electron chi connectivity index (χ3n) is 3.72. The summed E-state index contributed by atoms with van der Waals surface area (Å²) in [4.78, 5) is 0. The lowest BCUT2D eigenvalue weighted by atomic mass is 10.1. The van der Waals surface area contributed by atoms with Gasteiger partial charge in [-0.3, -0.25) is 0 Å². The molecule has 0 fully saturated rings. The smallest absolute Gasteiger partial charge is 0.125 e. The van der Waals surface area contributed by atoms with E-state index in [1.807, 2.05) is 6.92 Å². The van der Waals surface area contributed by atoms with Gasteiger partial charge in [0.2, 0.25) is 0 Å². The van der Waals surface area contributed by atoms with Crippen molar-refractivity contribution in [2.75, 3.05) is 6.54 Å². The lowest BCUT2D eigenvalue weighted by Gasteiger charge is -2.15. The largest absolute Gasteiger partial charge is 0.309 e. The van der Waals surface area contributed by atoms with E-state index in [-0.39, 0.29) is 11.9 Å². The zero-order valence-corrected chi connectivity index (χ0v) is 13.2. The number of aromatic nitrogens is 3. The average molecular weight is 290 g/mol. The van der Waals surface area contributed by atoms with E-state index in [0.29, 0.717) is 0 Å². The Morgan fingerprint density at radius 3 is 2.67 bits per heavy atom. The van der Waals surface area contributed by atoms with E-state index in [1.165, 1.54) is 12.1 Å². The second kappa shape index (κ2) is 6.80. The van der Waals surface area contributed by atoms with Gasteiger partial charge in [0.1, 0.15) is 11.5 Å². The summed E-state index contributed by atoms with van der Waals surface area (Å²) in [5.41, 5.74) is 3.75. The molecule has 1 atom stereocenters. The van der Waals surface area contributed by atoms with Crippen molar-refractivity contribution < 1.29 is 4.39 Å². The van der Waals surface area contributed by atoms with Gasteiger partial charge in [-0.2, -0.15) is 0 Å². The van der Waals surface area contributed by atoms with E-state index in [1.54, 1.807) is 10.7 Å². The molecule has 2 aromatic rings. The number of aryl methyl sites for hydroxylation is 1. The van der Waals surface area contributed by atoms with E-state index >= 15 is 0 Å². The topological polar surface area (TPSA) is 42.7 Å². The third-order valence-corrected chi connectivity index (χ3v) is 3.72. The summed E-state index contributed by atoms with van der Waals surface area (Å²) in [6, 6.07) is 4.94. The minimum absolute atomic E-state index is 0.188. The highest BCUT2D eigenvalue weighted by molar-refractivity contribution is 5.41. The van der Waals surface area contributed by atoms with Gasteiger partial charge in [0, 0.05) is 0 Å². The Kier molecular flexibility index (Phi) is 5.07. The van der Waals surface area contributed by atoms with Gasteiger partial charge in [0.05, 0.1) is 17.4 Å². The Hall–Kier alpha value is -1.75. The molecule has 0 aliphatic heterocycles. The maximum atomic E-state index is 13.5. The van der Waals surface area contributed by atoms with E-state index in [0.717, 1.165) is 42.0 Å². The molecule has 1 aromatic heterocycles. The number of nitrogens with zero attached hydrogens (tertiary/aromatic N) is 3. The second-order valence-electron chi connectivity index (χ2n) is 5.14. The average Bonchev–Trinajstić information content (AvgIpc) is 2.90. The lowest BCUT2D eigenvalue weighted by Crippen LogP contribution is -2.22. The summed E-state index contributed by atoms with van der Waals surface area (Å²) in [6.07, 6.45) is 1.75. The number of hydrogen-bond donors (Lipinski definition) is 1. The van der Waals surface area contributed by atoms with Crippen LogP contribution in [0.15, 0.2) is 18.2 Å². The van der Waals surface area contributed by atoms with Crippen molar-refractivity contribution in [2.45, 2.75) is 46.6 Å². The van der Waals surface area contributed by atoms with Crippen LogP contribution in [0.1, 0.15) is 50.2 Å². The number of nitrogens with one attached hydrogen (secondary N) is 1. The fourth-order valence-corrected chi connectivity index (χ4v) is 2.60. The Labute approximate surface area is 125 Å². The first-order chi connectivity index (χ1) is 10.1. The normalized spacial score (nSPS) is 12.6. The second-order valence-corrected chi connectivity index (χ2v) is 5.14. The number of halogens is 1. The summed E-state index contributed by atoms with van der Waals surface area (Å²) >= 11 is 0. The molecule has 1 N–H and O–H groups in total. The van der Waals surface area contributed by atoms with Crippen LogP contribution in [0.2, 0.25) is 0 Å². The lowest BCUT2D eigenvalue weighted by molar-refractivity contribution is 0.520. The van der Waals surface area contributed by atoms with Crippen molar-refractivity contribution in [3.05, 3.63) is 41.0 Å². The molecule has 0 aliphatic rings. The minimum atomic E-state index is -0.256. The molecule has 4 nitrogen and oxygen atoms in total. The molecule has 114 valence electrons. The van der Waals surface area contributed by atoms with Crippen molar-refractivity contribution in [1.29, 1.82) is 0 Å². The van der Waals surface area contributed by atoms with Gasteiger partial charge in [-0.15, -0.1) is 5.10 Å². The molecular formula is C16H23FN4. The van der Waals surface area contributed by atoms with Crippen molar-refractivity contribution in [2.24, 2.45) is 0 Å². The molecule has 0 bridgehead atoms. The summed E-state index contributed by atoms with van der Waals surface area (Å²) in [5.74, 6) is -0.256. The highest BCUT2D eigenvalue weighted by atomic mass is 19.1. The molecule has 0 aliphatic carbocycles. The Bertz CT molecular complexity index is 606. The van der Waals surface area contributed by atoms with Crippen molar-refractivity contribution in [3.8, 4) is 5.69 Å². The molecule has 0 saturated heterocycles. The molecule has 0 radical (unpaired) electrons. The van der Waals surface area contributed by atoms with Gasteiger partial charge in [-0.1, -0.05) is 32.1 Å². The number of benzene rings is 1. The van der Waals surface area contributed by atoms with E-state index in [9.17, 15) is 4.39 Å².